The lowest BCUT2D eigenvalue weighted by Crippen LogP contribution is -2.69. The Bertz CT molecular complexity index is 872. The van der Waals surface area contributed by atoms with Crippen LogP contribution in [0.25, 0.3) is 0 Å². The van der Waals surface area contributed by atoms with Crippen LogP contribution in [0.4, 0.5) is 5.13 Å². The Balaban J connectivity index is 0.000000858. The molecule has 2 aromatic heterocycles. The molecule has 0 aromatic carbocycles. The first kappa shape index (κ1) is 23.0. The van der Waals surface area contributed by atoms with Crippen molar-refractivity contribution in [2.24, 2.45) is 0 Å². The maximum absolute atomic E-state index is 12.7. The lowest BCUT2D eigenvalue weighted by atomic mass is 9.73. The van der Waals surface area contributed by atoms with Gasteiger partial charge in [0.1, 0.15) is 17.4 Å². The highest BCUT2D eigenvalue weighted by Gasteiger charge is 2.54. The van der Waals surface area contributed by atoms with E-state index in [9.17, 15) is 9.90 Å². The summed E-state index contributed by atoms with van der Waals surface area (Å²) in [6.45, 7) is 5.33. The van der Waals surface area contributed by atoms with Gasteiger partial charge in [0.05, 0.1) is 16.7 Å². The largest absolute Gasteiger partial charge is 0.483 e. The maximum atomic E-state index is 12.7. The highest BCUT2D eigenvalue weighted by atomic mass is 32.1. The van der Waals surface area contributed by atoms with Gasteiger partial charge < -0.3 is 25.2 Å². The van der Waals surface area contributed by atoms with Crippen molar-refractivity contribution in [3.05, 3.63) is 29.3 Å². The third kappa shape index (κ3) is 4.97. The molecule has 0 unspecified atom stereocenters. The van der Waals surface area contributed by atoms with Gasteiger partial charge in [0.25, 0.3) is 12.4 Å². The Hall–Kier alpha value is -2.70. The average Bonchev–Trinajstić information content (AvgIpc) is 3.29. The predicted octanol–water partition coefficient (Wildman–Crippen LogP) is 0.646. The zero-order chi connectivity index (χ0) is 22.5. The fraction of sp³-hybridized carbons (Fsp3) is 0.579. The zero-order valence-electron chi connectivity index (χ0n) is 17.4. The van der Waals surface area contributed by atoms with E-state index in [1.54, 1.807) is 12.4 Å². The molecule has 1 amide bonds. The summed E-state index contributed by atoms with van der Waals surface area (Å²) in [5, 5.41) is 30.0. The lowest BCUT2D eigenvalue weighted by molar-refractivity contribution is -0.195. The number of aryl methyl sites for hydroxylation is 1. The molecule has 12 heteroatoms. The van der Waals surface area contributed by atoms with Crippen LogP contribution in [-0.2, 0) is 9.53 Å². The van der Waals surface area contributed by atoms with E-state index in [0.717, 1.165) is 18.2 Å². The summed E-state index contributed by atoms with van der Waals surface area (Å²) in [6.07, 6.45) is 4.04. The number of hydrogen-bond donors (Lipinski definition) is 3. The topological polar surface area (TPSA) is 151 Å². The van der Waals surface area contributed by atoms with Crippen LogP contribution in [-0.4, -0.2) is 79.7 Å². The first-order valence-corrected chi connectivity index (χ1v) is 10.7. The highest BCUT2D eigenvalue weighted by molar-refractivity contribution is 7.13. The van der Waals surface area contributed by atoms with Crippen molar-refractivity contribution in [3.8, 4) is 0 Å². The molecular formula is C19H26N6O5S. The molecule has 2 saturated heterocycles. The molecule has 11 nitrogen and oxygen atoms in total. The second-order valence-corrected chi connectivity index (χ2v) is 8.58. The molecule has 0 bridgehead atoms. The SMILES string of the molecule is Cc1ncc(C(=O)N[C@@]2(C)CCOC3(CCN(c4nncs4)CC3)[C@@H]2O)cn1.O=CO. The molecule has 2 atom stereocenters. The second kappa shape index (κ2) is 9.62. The van der Waals surface area contributed by atoms with Gasteiger partial charge in [-0.1, -0.05) is 11.3 Å². The molecule has 31 heavy (non-hydrogen) atoms. The Morgan fingerprint density at radius 3 is 2.55 bits per heavy atom. The highest BCUT2D eigenvalue weighted by Crippen LogP contribution is 2.40. The number of aliphatic hydroxyl groups is 1. The van der Waals surface area contributed by atoms with Crippen molar-refractivity contribution in [1.29, 1.82) is 0 Å². The number of aliphatic hydroxyl groups excluding tert-OH is 1. The van der Waals surface area contributed by atoms with Gasteiger partial charge in [-0.25, -0.2) is 9.97 Å². The molecular weight excluding hydrogens is 424 g/mol. The number of carbonyl (C=O) groups excluding carboxylic acids is 1. The van der Waals surface area contributed by atoms with Crippen LogP contribution in [0.3, 0.4) is 0 Å². The number of piperidine rings is 1. The molecule has 1 spiro atoms. The van der Waals surface area contributed by atoms with E-state index < -0.39 is 17.2 Å². The fourth-order valence-electron chi connectivity index (χ4n) is 4.03. The molecule has 0 aliphatic carbocycles. The summed E-state index contributed by atoms with van der Waals surface area (Å²) in [5.74, 6) is 0.319. The Kier molecular flexibility index (Phi) is 7.13. The van der Waals surface area contributed by atoms with Gasteiger partial charge in [-0.3, -0.25) is 9.59 Å². The normalized spacial score (nSPS) is 24.7. The van der Waals surface area contributed by atoms with E-state index in [1.165, 1.54) is 23.7 Å². The summed E-state index contributed by atoms with van der Waals surface area (Å²) in [7, 11) is 0. The van der Waals surface area contributed by atoms with Gasteiger partial charge in [-0.2, -0.15) is 0 Å². The first-order valence-electron chi connectivity index (χ1n) is 9.86. The molecule has 0 saturated carbocycles. The van der Waals surface area contributed by atoms with Gasteiger partial charge in [-0.15, -0.1) is 10.2 Å². The zero-order valence-corrected chi connectivity index (χ0v) is 18.2. The van der Waals surface area contributed by atoms with Crippen LogP contribution in [0, 0.1) is 6.92 Å². The third-order valence-electron chi connectivity index (χ3n) is 5.78. The number of carbonyl (C=O) groups is 2. The van der Waals surface area contributed by atoms with Gasteiger partial charge in [0.15, 0.2) is 0 Å². The Morgan fingerprint density at radius 1 is 1.32 bits per heavy atom. The van der Waals surface area contributed by atoms with E-state index in [1.807, 2.05) is 6.92 Å². The van der Waals surface area contributed by atoms with Crippen LogP contribution in [0.15, 0.2) is 17.9 Å². The van der Waals surface area contributed by atoms with Crippen LogP contribution in [0.5, 0.6) is 0 Å². The molecule has 2 fully saturated rings. The predicted molar refractivity (Wildman–Crippen MR) is 112 cm³/mol. The number of nitrogens with zero attached hydrogens (tertiary/aromatic N) is 5. The number of anilines is 1. The molecule has 2 aliphatic heterocycles. The molecule has 3 N–H and O–H groups in total. The lowest BCUT2D eigenvalue weighted by Gasteiger charge is -2.53. The molecule has 2 aliphatic rings. The van der Waals surface area contributed by atoms with Gasteiger partial charge in [-0.05, 0) is 33.1 Å². The minimum Gasteiger partial charge on any atom is -0.483 e. The van der Waals surface area contributed by atoms with Crippen LogP contribution in [0.1, 0.15) is 42.4 Å². The van der Waals surface area contributed by atoms with Gasteiger partial charge in [0.2, 0.25) is 5.13 Å². The number of aromatic nitrogens is 4. The molecule has 168 valence electrons. The fourth-order valence-corrected chi connectivity index (χ4v) is 4.65. The molecule has 4 rings (SSSR count). The number of rotatable bonds is 3. The van der Waals surface area contributed by atoms with Crippen molar-refractivity contribution in [2.45, 2.75) is 50.4 Å². The van der Waals surface area contributed by atoms with E-state index in [0.29, 0.717) is 37.3 Å². The summed E-state index contributed by atoms with van der Waals surface area (Å²) in [5.41, 5.74) is 0.634. The number of ether oxygens (including phenoxy) is 1. The van der Waals surface area contributed by atoms with Crippen molar-refractivity contribution in [3.63, 3.8) is 0 Å². The van der Waals surface area contributed by atoms with E-state index >= 15 is 0 Å². The summed E-state index contributed by atoms with van der Waals surface area (Å²) in [6, 6.07) is 0. The average molecular weight is 451 g/mol. The minimum absolute atomic E-state index is 0.250. The van der Waals surface area contributed by atoms with Gasteiger partial charge >= 0.3 is 0 Å². The summed E-state index contributed by atoms with van der Waals surface area (Å²) >= 11 is 1.50. The van der Waals surface area contributed by atoms with E-state index in [4.69, 9.17) is 14.6 Å². The van der Waals surface area contributed by atoms with Crippen molar-refractivity contribution >= 4 is 28.8 Å². The quantitative estimate of drug-likeness (QED) is 0.568. The van der Waals surface area contributed by atoms with Crippen molar-refractivity contribution < 1.29 is 24.5 Å². The Morgan fingerprint density at radius 2 is 1.97 bits per heavy atom. The Labute approximate surface area is 183 Å². The standard InChI is InChI=1S/C18H24N6O3S.CH2O2/c1-12-19-9-13(10-20-12)14(25)22-17(2)5-8-27-18(15(17)26)3-6-24(7-4-18)16-23-21-11-28-16;2-1-3/h9-11,15,26H,3-8H2,1-2H3,(H,22,25);1H,(H,2,3)/t15-,17+;/m1./s1. The van der Waals surface area contributed by atoms with Crippen molar-refractivity contribution in [1.82, 2.24) is 25.5 Å². The van der Waals surface area contributed by atoms with Crippen molar-refractivity contribution in [2.75, 3.05) is 24.6 Å². The van der Waals surface area contributed by atoms with Gasteiger partial charge in [0, 0.05) is 32.1 Å². The number of hydrogen-bond acceptors (Lipinski definition) is 10. The molecule has 0 radical (unpaired) electrons. The maximum Gasteiger partial charge on any atom is 0.290 e. The number of nitrogens with one attached hydrogen (secondary N) is 1. The second-order valence-electron chi connectivity index (χ2n) is 7.77. The summed E-state index contributed by atoms with van der Waals surface area (Å²) < 4.78 is 6.10. The molecule has 2 aromatic rings. The first-order chi connectivity index (χ1) is 14.8. The van der Waals surface area contributed by atoms with Crippen LogP contribution < -0.4 is 10.2 Å². The smallest absolute Gasteiger partial charge is 0.290 e. The van der Waals surface area contributed by atoms with E-state index in [2.05, 4.69) is 30.4 Å². The molecule has 4 heterocycles. The van der Waals surface area contributed by atoms with Crippen LogP contribution >= 0.6 is 11.3 Å². The summed E-state index contributed by atoms with van der Waals surface area (Å²) in [4.78, 5) is 31.4. The van der Waals surface area contributed by atoms with Crippen LogP contribution in [0.2, 0.25) is 0 Å². The van der Waals surface area contributed by atoms with E-state index in [-0.39, 0.29) is 12.4 Å². The minimum atomic E-state index is -0.819. The number of carboxylic acid groups (broad SMARTS) is 1. The third-order valence-corrected chi connectivity index (χ3v) is 6.53. The monoisotopic (exact) mass is 450 g/mol. The number of amides is 1.